The lowest BCUT2D eigenvalue weighted by molar-refractivity contribution is 0.515. The quantitative estimate of drug-likeness (QED) is 0.484. The molecular weight excluding hydrogens is 288 g/mol. The normalized spacial score (nSPS) is 11.6. The van der Waals surface area contributed by atoms with Crippen molar-refractivity contribution in [3.63, 3.8) is 0 Å². The van der Waals surface area contributed by atoms with Crippen molar-refractivity contribution in [2.24, 2.45) is 0 Å². The molecule has 0 saturated heterocycles. The average molecular weight is 308 g/mol. The van der Waals surface area contributed by atoms with Gasteiger partial charge in [0.05, 0.1) is 5.69 Å². The van der Waals surface area contributed by atoms with E-state index in [1.54, 1.807) is 0 Å². The molecule has 112 valence electrons. The zero-order valence-electron chi connectivity index (χ0n) is 13.1. The number of fused-ring (bicyclic) bond motifs is 2. The number of hydrogen-bond donors (Lipinski definition) is 2. The first-order chi connectivity index (χ1) is 10.4. The molecule has 3 rings (SSSR count). The number of thiocarbonyl (C=S) groups is 1. The van der Waals surface area contributed by atoms with Crippen LogP contribution in [0.25, 0.3) is 21.5 Å². The first kappa shape index (κ1) is 14.8. The Morgan fingerprint density at radius 1 is 0.864 bits per heavy atom. The lowest BCUT2D eigenvalue weighted by Crippen LogP contribution is -2.43. The number of hydrogen-bond acceptors (Lipinski definition) is 1. The maximum atomic E-state index is 5.49. The van der Waals surface area contributed by atoms with E-state index in [-0.39, 0.29) is 5.54 Å². The molecule has 3 heteroatoms. The lowest BCUT2D eigenvalue weighted by atomic mass is 10.0. The molecule has 0 aliphatic heterocycles. The average Bonchev–Trinajstić information content (AvgIpc) is 2.45. The van der Waals surface area contributed by atoms with Gasteiger partial charge in [0.2, 0.25) is 0 Å². The minimum Gasteiger partial charge on any atom is -0.358 e. The molecule has 0 amide bonds. The summed E-state index contributed by atoms with van der Waals surface area (Å²) in [6.45, 7) is 6.30. The van der Waals surface area contributed by atoms with Crippen LogP contribution >= 0.6 is 12.2 Å². The van der Waals surface area contributed by atoms with Crippen LogP contribution in [0.3, 0.4) is 0 Å². The summed E-state index contributed by atoms with van der Waals surface area (Å²) in [5.41, 5.74) is 1.00. The van der Waals surface area contributed by atoms with Crippen LogP contribution < -0.4 is 10.6 Å². The van der Waals surface area contributed by atoms with Crippen molar-refractivity contribution >= 4 is 44.6 Å². The van der Waals surface area contributed by atoms with Crippen molar-refractivity contribution < 1.29 is 0 Å². The Balaban J connectivity index is 2.14. The molecule has 3 aromatic rings. The Bertz CT molecular complexity index is 793. The largest absolute Gasteiger partial charge is 0.358 e. The molecule has 0 spiro atoms. The third-order valence-electron chi connectivity index (χ3n) is 3.50. The maximum Gasteiger partial charge on any atom is 0.171 e. The molecule has 0 heterocycles. The second kappa shape index (κ2) is 5.58. The number of benzene rings is 3. The van der Waals surface area contributed by atoms with E-state index in [0.717, 1.165) is 5.69 Å². The molecule has 0 unspecified atom stereocenters. The summed E-state index contributed by atoms with van der Waals surface area (Å²) >= 11 is 5.49. The van der Waals surface area contributed by atoms with E-state index in [1.165, 1.54) is 21.5 Å². The minimum absolute atomic E-state index is 0.0650. The van der Waals surface area contributed by atoms with Crippen molar-refractivity contribution in [1.82, 2.24) is 5.32 Å². The van der Waals surface area contributed by atoms with Crippen molar-refractivity contribution in [3.8, 4) is 0 Å². The van der Waals surface area contributed by atoms with Gasteiger partial charge in [0.25, 0.3) is 0 Å². The van der Waals surface area contributed by atoms with E-state index < -0.39 is 0 Å². The van der Waals surface area contributed by atoms with Gasteiger partial charge in [0.15, 0.2) is 5.11 Å². The molecule has 0 fully saturated rings. The molecule has 0 radical (unpaired) electrons. The molecule has 2 N–H and O–H groups in total. The maximum absolute atomic E-state index is 5.49. The smallest absolute Gasteiger partial charge is 0.171 e. The fraction of sp³-hybridized carbons (Fsp3) is 0.211. The van der Waals surface area contributed by atoms with Crippen LogP contribution in [-0.4, -0.2) is 10.7 Å². The van der Waals surface area contributed by atoms with E-state index in [2.05, 4.69) is 86.0 Å². The Labute approximate surface area is 136 Å². The van der Waals surface area contributed by atoms with Gasteiger partial charge in [-0.2, -0.15) is 0 Å². The zero-order valence-corrected chi connectivity index (χ0v) is 13.9. The molecule has 0 bridgehead atoms. The first-order valence-corrected chi connectivity index (χ1v) is 7.84. The SMILES string of the molecule is CC(C)(C)NC(=S)Nc1c2ccccc2cc2ccccc12. The molecule has 0 saturated carbocycles. The summed E-state index contributed by atoms with van der Waals surface area (Å²) in [6.07, 6.45) is 0. The van der Waals surface area contributed by atoms with Gasteiger partial charge in [-0.1, -0.05) is 48.5 Å². The van der Waals surface area contributed by atoms with Crippen LogP contribution in [0.4, 0.5) is 5.69 Å². The molecule has 0 aromatic heterocycles. The highest BCUT2D eigenvalue weighted by atomic mass is 32.1. The van der Waals surface area contributed by atoms with Crippen LogP contribution in [0, 0.1) is 0 Å². The predicted octanol–water partition coefficient (Wildman–Crippen LogP) is 5.08. The predicted molar refractivity (Wildman–Crippen MR) is 101 cm³/mol. The summed E-state index contributed by atoms with van der Waals surface area (Å²) < 4.78 is 0. The fourth-order valence-electron chi connectivity index (χ4n) is 2.63. The Morgan fingerprint density at radius 2 is 1.36 bits per heavy atom. The molecule has 22 heavy (non-hydrogen) atoms. The standard InChI is InChI=1S/C19H20N2S/c1-19(2,3)21-18(22)20-17-15-10-6-4-8-13(15)12-14-9-5-7-11-16(14)17/h4-12H,1-3H3,(H2,20,21,22). The molecule has 0 aliphatic carbocycles. The minimum atomic E-state index is -0.0650. The van der Waals surface area contributed by atoms with E-state index in [0.29, 0.717) is 5.11 Å². The van der Waals surface area contributed by atoms with Gasteiger partial charge in [-0.05, 0) is 49.8 Å². The molecule has 3 aromatic carbocycles. The Hall–Kier alpha value is -2.13. The third-order valence-corrected chi connectivity index (χ3v) is 3.70. The van der Waals surface area contributed by atoms with Gasteiger partial charge >= 0.3 is 0 Å². The molecule has 0 atom stereocenters. The van der Waals surface area contributed by atoms with Gasteiger partial charge in [0.1, 0.15) is 0 Å². The molecule has 0 aliphatic rings. The van der Waals surface area contributed by atoms with Gasteiger partial charge in [-0.15, -0.1) is 0 Å². The van der Waals surface area contributed by atoms with Gasteiger partial charge < -0.3 is 10.6 Å². The van der Waals surface area contributed by atoms with E-state index in [1.807, 2.05) is 0 Å². The zero-order chi connectivity index (χ0) is 15.7. The lowest BCUT2D eigenvalue weighted by Gasteiger charge is -2.24. The Morgan fingerprint density at radius 3 is 1.86 bits per heavy atom. The second-order valence-electron chi connectivity index (χ2n) is 6.52. The second-order valence-corrected chi connectivity index (χ2v) is 6.93. The van der Waals surface area contributed by atoms with Crippen LogP contribution in [0.5, 0.6) is 0 Å². The van der Waals surface area contributed by atoms with Gasteiger partial charge in [0, 0.05) is 16.3 Å². The highest BCUT2D eigenvalue weighted by molar-refractivity contribution is 7.80. The highest BCUT2D eigenvalue weighted by Crippen LogP contribution is 2.32. The number of anilines is 1. The Kier molecular flexibility index (Phi) is 3.75. The van der Waals surface area contributed by atoms with Crippen LogP contribution in [0.15, 0.2) is 54.6 Å². The van der Waals surface area contributed by atoms with E-state index in [9.17, 15) is 0 Å². The number of nitrogens with one attached hydrogen (secondary N) is 2. The van der Waals surface area contributed by atoms with Crippen LogP contribution in [-0.2, 0) is 0 Å². The first-order valence-electron chi connectivity index (χ1n) is 7.44. The highest BCUT2D eigenvalue weighted by Gasteiger charge is 2.13. The summed E-state index contributed by atoms with van der Waals surface area (Å²) in [4.78, 5) is 0. The van der Waals surface area contributed by atoms with Crippen molar-refractivity contribution in [1.29, 1.82) is 0 Å². The third kappa shape index (κ3) is 3.04. The van der Waals surface area contributed by atoms with Gasteiger partial charge in [-0.25, -0.2) is 0 Å². The fourth-order valence-corrected chi connectivity index (χ4v) is 3.04. The van der Waals surface area contributed by atoms with Crippen LogP contribution in [0.2, 0.25) is 0 Å². The molecular formula is C19H20N2S. The van der Waals surface area contributed by atoms with E-state index in [4.69, 9.17) is 12.2 Å². The topological polar surface area (TPSA) is 24.1 Å². The van der Waals surface area contributed by atoms with Crippen molar-refractivity contribution in [3.05, 3.63) is 54.6 Å². The van der Waals surface area contributed by atoms with Crippen LogP contribution in [0.1, 0.15) is 20.8 Å². The van der Waals surface area contributed by atoms with E-state index >= 15 is 0 Å². The summed E-state index contributed by atoms with van der Waals surface area (Å²) in [7, 11) is 0. The number of rotatable bonds is 1. The summed E-state index contributed by atoms with van der Waals surface area (Å²) in [5, 5.41) is 12.1. The monoisotopic (exact) mass is 308 g/mol. The summed E-state index contributed by atoms with van der Waals surface area (Å²) in [5.74, 6) is 0. The van der Waals surface area contributed by atoms with Crippen molar-refractivity contribution in [2.75, 3.05) is 5.32 Å². The van der Waals surface area contributed by atoms with Gasteiger partial charge in [-0.3, -0.25) is 0 Å². The summed E-state index contributed by atoms with van der Waals surface area (Å²) in [6, 6.07) is 19.0. The van der Waals surface area contributed by atoms with Crippen molar-refractivity contribution in [2.45, 2.75) is 26.3 Å². The molecule has 2 nitrogen and oxygen atoms in total.